The first-order valence-electron chi connectivity index (χ1n) is 7.07. The van der Waals surface area contributed by atoms with E-state index < -0.39 is 11.9 Å². The lowest BCUT2D eigenvalue weighted by Gasteiger charge is -2.28. The van der Waals surface area contributed by atoms with Crippen LogP contribution in [0.5, 0.6) is 0 Å². The number of nitrogens with one attached hydrogen (secondary N) is 1. The molecule has 22 heavy (non-hydrogen) atoms. The number of rotatable bonds is 4. The highest BCUT2D eigenvalue weighted by Gasteiger charge is 2.27. The van der Waals surface area contributed by atoms with Crippen molar-refractivity contribution in [3.05, 3.63) is 34.6 Å². The Morgan fingerprint density at radius 1 is 1.45 bits per heavy atom. The summed E-state index contributed by atoms with van der Waals surface area (Å²) in [6.45, 7) is 3.09. The summed E-state index contributed by atoms with van der Waals surface area (Å²) in [4.78, 5) is 12.2. The van der Waals surface area contributed by atoms with Gasteiger partial charge in [0.1, 0.15) is 5.82 Å². The number of ether oxygens (including phenoxy) is 1. The van der Waals surface area contributed by atoms with Crippen LogP contribution in [0, 0.1) is 11.7 Å². The molecule has 2 atom stereocenters. The van der Waals surface area contributed by atoms with Crippen LogP contribution in [0.4, 0.5) is 4.39 Å². The highest BCUT2D eigenvalue weighted by Crippen LogP contribution is 2.24. The third-order valence-electron chi connectivity index (χ3n) is 3.86. The molecule has 124 valence electrons. The lowest BCUT2D eigenvalue weighted by molar-refractivity contribution is -0.125. The third-order valence-corrected chi connectivity index (χ3v) is 4.19. The van der Waals surface area contributed by atoms with E-state index in [0.717, 1.165) is 12.8 Å². The molecule has 2 unspecified atom stereocenters. The summed E-state index contributed by atoms with van der Waals surface area (Å²) < 4.78 is 18.3. The second-order valence-corrected chi connectivity index (χ2v) is 5.78. The summed E-state index contributed by atoms with van der Waals surface area (Å²) in [5.74, 6) is -0.481. The monoisotopic (exact) mass is 350 g/mol. The molecular weight excluding hydrogens is 330 g/mol. The van der Waals surface area contributed by atoms with Crippen molar-refractivity contribution in [2.24, 2.45) is 11.7 Å². The Balaban J connectivity index is 0.00000242. The number of amides is 1. The maximum Gasteiger partial charge on any atom is 0.237 e. The first kappa shape index (κ1) is 19.2. The predicted octanol–water partition coefficient (Wildman–Crippen LogP) is 2.83. The van der Waals surface area contributed by atoms with Crippen molar-refractivity contribution in [3.8, 4) is 0 Å². The van der Waals surface area contributed by atoms with Crippen molar-refractivity contribution in [1.29, 1.82) is 0 Å². The Bertz CT molecular complexity index is 510. The highest BCUT2D eigenvalue weighted by molar-refractivity contribution is 6.31. The van der Waals surface area contributed by atoms with E-state index in [2.05, 4.69) is 5.32 Å². The van der Waals surface area contributed by atoms with Gasteiger partial charge < -0.3 is 15.8 Å². The molecule has 1 aliphatic rings. The summed E-state index contributed by atoms with van der Waals surface area (Å²) in [7, 11) is 0. The van der Waals surface area contributed by atoms with Crippen molar-refractivity contribution < 1.29 is 13.9 Å². The van der Waals surface area contributed by atoms with Crippen LogP contribution in [-0.2, 0) is 9.53 Å². The molecular formula is C15H21Cl2FN2O2. The van der Waals surface area contributed by atoms with E-state index in [9.17, 15) is 9.18 Å². The molecule has 1 aromatic carbocycles. The molecule has 7 heteroatoms. The van der Waals surface area contributed by atoms with Gasteiger partial charge in [-0.15, -0.1) is 12.4 Å². The minimum atomic E-state index is -0.560. The van der Waals surface area contributed by atoms with E-state index in [-0.39, 0.29) is 30.3 Å². The molecule has 3 N–H and O–H groups in total. The van der Waals surface area contributed by atoms with Gasteiger partial charge in [-0.1, -0.05) is 17.7 Å². The fourth-order valence-corrected chi connectivity index (χ4v) is 2.86. The van der Waals surface area contributed by atoms with Crippen molar-refractivity contribution >= 4 is 29.9 Å². The van der Waals surface area contributed by atoms with Crippen LogP contribution in [0.3, 0.4) is 0 Å². The fourth-order valence-electron chi connectivity index (χ4n) is 2.53. The molecule has 0 aromatic heterocycles. The van der Waals surface area contributed by atoms with E-state index in [1.165, 1.54) is 12.1 Å². The Morgan fingerprint density at radius 2 is 2.09 bits per heavy atom. The Labute approximate surface area is 140 Å². The largest absolute Gasteiger partial charge is 0.381 e. The van der Waals surface area contributed by atoms with Crippen LogP contribution in [0.2, 0.25) is 5.02 Å². The highest BCUT2D eigenvalue weighted by atomic mass is 35.5. The second kappa shape index (κ2) is 8.67. The van der Waals surface area contributed by atoms with Crippen LogP contribution in [-0.4, -0.2) is 25.2 Å². The van der Waals surface area contributed by atoms with Gasteiger partial charge in [-0.3, -0.25) is 4.79 Å². The third kappa shape index (κ3) is 4.81. The van der Waals surface area contributed by atoms with Gasteiger partial charge in [0.2, 0.25) is 5.91 Å². The normalized spacial score (nSPS) is 18.2. The van der Waals surface area contributed by atoms with E-state index in [4.69, 9.17) is 22.1 Å². The smallest absolute Gasteiger partial charge is 0.237 e. The zero-order valence-corrected chi connectivity index (χ0v) is 13.9. The van der Waals surface area contributed by atoms with Crippen molar-refractivity contribution in [3.63, 3.8) is 0 Å². The van der Waals surface area contributed by atoms with Gasteiger partial charge in [-0.2, -0.15) is 0 Å². The van der Waals surface area contributed by atoms with Gasteiger partial charge >= 0.3 is 0 Å². The number of carbonyl (C=O) groups excluding carboxylic acids is 1. The van der Waals surface area contributed by atoms with Crippen molar-refractivity contribution in [2.75, 3.05) is 13.2 Å². The number of nitrogens with two attached hydrogens (primary N) is 1. The van der Waals surface area contributed by atoms with E-state index in [1.54, 1.807) is 13.0 Å². The Morgan fingerprint density at radius 3 is 2.68 bits per heavy atom. The molecule has 0 radical (unpaired) electrons. The number of carbonyl (C=O) groups is 1. The zero-order valence-electron chi connectivity index (χ0n) is 12.4. The maximum atomic E-state index is 13.0. The number of benzene rings is 1. The van der Waals surface area contributed by atoms with Crippen LogP contribution < -0.4 is 11.1 Å². The van der Waals surface area contributed by atoms with Gasteiger partial charge in [0.05, 0.1) is 12.1 Å². The Hall–Kier alpha value is -0.880. The standard InChI is InChI=1S/C15H20ClFN2O2.ClH/c1-9(12-3-2-11(17)8-13(12)16)19-15(20)14(18)10-4-6-21-7-5-10;/h2-3,8-10,14H,4-7,18H2,1H3,(H,19,20);1H. The van der Waals surface area contributed by atoms with Crippen molar-refractivity contribution in [2.45, 2.75) is 31.8 Å². The zero-order chi connectivity index (χ0) is 15.4. The molecule has 1 saturated heterocycles. The van der Waals surface area contributed by atoms with Gasteiger partial charge in [0.15, 0.2) is 0 Å². The molecule has 1 amide bonds. The molecule has 0 spiro atoms. The maximum absolute atomic E-state index is 13.0. The van der Waals surface area contributed by atoms with Crippen LogP contribution in [0.15, 0.2) is 18.2 Å². The van der Waals surface area contributed by atoms with Crippen molar-refractivity contribution in [1.82, 2.24) is 5.32 Å². The summed E-state index contributed by atoms with van der Waals surface area (Å²) in [5.41, 5.74) is 6.69. The first-order chi connectivity index (χ1) is 9.99. The number of hydrogen-bond donors (Lipinski definition) is 2. The molecule has 1 aliphatic heterocycles. The van der Waals surface area contributed by atoms with E-state index >= 15 is 0 Å². The number of halogens is 3. The molecule has 1 fully saturated rings. The molecule has 4 nitrogen and oxygen atoms in total. The lowest BCUT2D eigenvalue weighted by Crippen LogP contribution is -2.47. The van der Waals surface area contributed by atoms with Gasteiger partial charge in [-0.05, 0) is 43.4 Å². The quantitative estimate of drug-likeness (QED) is 0.877. The molecule has 1 heterocycles. The van der Waals surface area contributed by atoms with Gasteiger partial charge in [0.25, 0.3) is 0 Å². The van der Waals surface area contributed by atoms with Crippen LogP contribution in [0.1, 0.15) is 31.4 Å². The SMILES string of the molecule is CC(NC(=O)C(N)C1CCOCC1)c1ccc(F)cc1Cl.Cl. The average molecular weight is 351 g/mol. The van der Waals surface area contributed by atoms with Gasteiger partial charge in [-0.25, -0.2) is 4.39 Å². The van der Waals surface area contributed by atoms with Gasteiger partial charge in [0, 0.05) is 18.2 Å². The minimum Gasteiger partial charge on any atom is -0.381 e. The minimum absolute atomic E-state index is 0. The summed E-state index contributed by atoms with van der Waals surface area (Å²) in [6, 6.07) is 3.25. The van der Waals surface area contributed by atoms with Crippen LogP contribution in [0.25, 0.3) is 0 Å². The summed E-state index contributed by atoms with van der Waals surface area (Å²) in [6.07, 6.45) is 1.58. The Kier molecular flexibility index (Phi) is 7.56. The second-order valence-electron chi connectivity index (χ2n) is 5.37. The molecule has 0 aliphatic carbocycles. The lowest BCUT2D eigenvalue weighted by atomic mass is 9.91. The molecule has 0 bridgehead atoms. The van der Waals surface area contributed by atoms with E-state index in [0.29, 0.717) is 23.8 Å². The number of hydrogen-bond acceptors (Lipinski definition) is 3. The fraction of sp³-hybridized carbons (Fsp3) is 0.533. The predicted molar refractivity (Wildman–Crippen MR) is 86.7 cm³/mol. The molecule has 0 saturated carbocycles. The summed E-state index contributed by atoms with van der Waals surface area (Å²) >= 11 is 6.00. The summed E-state index contributed by atoms with van der Waals surface area (Å²) in [5, 5.41) is 3.14. The topological polar surface area (TPSA) is 64.4 Å². The molecule has 2 rings (SSSR count). The average Bonchev–Trinajstić information content (AvgIpc) is 2.47. The molecule has 1 aromatic rings. The van der Waals surface area contributed by atoms with E-state index in [1.807, 2.05) is 0 Å². The van der Waals surface area contributed by atoms with Crippen LogP contribution >= 0.6 is 24.0 Å². The first-order valence-corrected chi connectivity index (χ1v) is 7.45.